The molecule has 4 nitrogen and oxygen atoms in total. The molecular formula is C14H26N2O2. The number of piperidine rings is 1. The number of carbonyl (C=O) groups excluding carboxylic acids is 1. The van der Waals surface area contributed by atoms with Gasteiger partial charge >= 0.3 is 6.09 Å². The molecule has 18 heavy (non-hydrogen) atoms. The molecule has 4 heteroatoms. The average Bonchev–Trinajstić information content (AvgIpc) is 3.08. The highest BCUT2D eigenvalue weighted by molar-refractivity contribution is 5.68. The minimum absolute atomic E-state index is 0.154. The van der Waals surface area contributed by atoms with Crippen LogP contribution in [0.1, 0.15) is 46.5 Å². The largest absolute Gasteiger partial charge is 0.444 e. The second-order valence-corrected chi connectivity index (χ2v) is 6.62. The van der Waals surface area contributed by atoms with Crippen LogP contribution in [-0.2, 0) is 4.74 Å². The third-order valence-electron chi connectivity index (χ3n) is 3.44. The zero-order valence-electron chi connectivity index (χ0n) is 11.9. The summed E-state index contributed by atoms with van der Waals surface area (Å²) in [6, 6.07) is 0.752. The molecule has 1 aliphatic carbocycles. The molecule has 1 saturated heterocycles. The highest BCUT2D eigenvalue weighted by Crippen LogP contribution is 2.22. The number of hydrogen-bond donors (Lipinski definition) is 1. The smallest absolute Gasteiger partial charge is 0.410 e. The van der Waals surface area contributed by atoms with E-state index in [1.807, 2.05) is 25.7 Å². The van der Waals surface area contributed by atoms with Crippen molar-refractivity contribution < 1.29 is 9.53 Å². The first kappa shape index (κ1) is 13.7. The highest BCUT2D eigenvalue weighted by atomic mass is 16.6. The van der Waals surface area contributed by atoms with Gasteiger partial charge in [-0.3, -0.25) is 0 Å². The van der Waals surface area contributed by atoms with Crippen LogP contribution in [0.15, 0.2) is 0 Å². The van der Waals surface area contributed by atoms with Gasteiger partial charge in [-0.25, -0.2) is 4.79 Å². The Morgan fingerprint density at radius 2 is 2.06 bits per heavy atom. The summed E-state index contributed by atoms with van der Waals surface area (Å²) >= 11 is 0. The van der Waals surface area contributed by atoms with E-state index in [2.05, 4.69) is 5.32 Å². The standard InChI is InChI=1S/C14H26N2O2/c1-14(2,3)18-13(17)16-8-4-5-11(10-16)9-15-12-6-7-12/h11-12,15H,4-10H2,1-3H3. The van der Waals surface area contributed by atoms with Crippen LogP contribution in [0, 0.1) is 5.92 Å². The molecule has 0 aromatic rings. The minimum atomic E-state index is -0.393. The quantitative estimate of drug-likeness (QED) is 0.841. The van der Waals surface area contributed by atoms with Crippen molar-refractivity contribution in [1.29, 1.82) is 0 Å². The number of nitrogens with one attached hydrogen (secondary N) is 1. The highest BCUT2D eigenvalue weighted by Gasteiger charge is 2.28. The van der Waals surface area contributed by atoms with Gasteiger partial charge in [-0.2, -0.15) is 0 Å². The predicted octanol–water partition coefficient (Wildman–Crippen LogP) is 2.39. The van der Waals surface area contributed by atoms with Crippen LogP contribution in [0.25, 0.3) is 0 Å². The summed E-state index contributed by atoms with van der Waals surface area (Å²) in [5, 5.41) is 3.56. The molecule has 2 aliphatic rings. The molecule has 1 amide bonds. The molecule has 104 valence electrons. The Bertz CT molecular complexity index is 295. The summed E-state index contributed by atoms with van der Waals surface area (Å²) in [6.07, 6.45) is 4.80. The van der Waals surface area contributed by atoms with E-state index in [1.54, 1.807) is 0 Å². The van der Waals surface area contributed by atoms with E-state index in [4.69, 9.17) is 4.74 Å². The molecule has 1 atom stereocenters. The van der Waals surface area contributed by atoms with Crippen LogP contribution in [0.4, 0.5) is 4.79 Å². The molecule has 1 unspecified atom stereocenters. The molecular weight excluding hydrogens is 228 g/mol. The lowest BCUT2D eigenvalue weighted by Gasteiger charge is -2.34. The molecule has 0 radical (unpaired) electrons. The first-order valence-electron chi connectivity index (χ1n) is 7.15. The fourth-order valence-corrected chi connectivity index (χ4v) is 2.34. The normalized spacial score (nSPS) is 25.1. The fraction of sp³-hybridized carbons (Fsp3) is 0.929. The van der Waals surface area contributed by atoms with Crippen LogP contribution >= 0.6 is 0 Å². The first-order valence-corrected chi connectivity index (χ1v) is 7.15. The molecule has 2 fully saturated rings. The number of nitrogens with zero attached hydrogens (tertiary/aromatic N) is 1. The van der Waals surface area contributed by atoms with E-state index in [9.17, 15) is 4.79 Å². The van der Waals surface area contributed by atoms with E-state index in [1.165, 1.54) is 19.3 Å². The van der Waals surface area contributed by atoms with Gasteiger partial charge in [0.2, 0.25) is 0 Å². The summed E-state index contributed by atoms with van der Waals surface area (Å²) in [6.45, 7) is 8.48. The number of carbonyl (C=O) groups is 1. The summed E-state index contributed by atoms with van der Waals surface area (Å²) < 4.78 is 5.43. The monoisotopic (exact) mass is 254 g/mol. The predicted molar refractivity (Wildman–Crippen MR) is 71.6 cm³/mol. The maximum absolute atomic E-state index is 12.0. The lowest BCUT2D eigenvalue weighted by molar-refractivity contribution is 0.0166. The number of hydrogen-bond acceptors (Lipinski definition) is 3. The summed E-state index contributed by atoms with van der Waals surface area (Å²) in [7, 11) is 0. The van der Waals surface area contributed by atoms with Crippen LogP contribution in [0.3, 0.4) is 0 Å². The Kier molecular flexibility index (Phi) is 4.15. The third-order valence-corrected chi connectivity index (χ3v) is 3.44. The zero-order chi connectivity index (χ0) is 13.2. The number of likely N-dealkylation sites (tertiary alicyclic amines) is 1. The van der Waals surface area contributed by atoms with Gasteiger partial charge in [-0.1, -0.05) is 0 Å². The summed E-state index contributed by atoms with van der Waals surface area (Å²) in [5.41, 5.74) is -0.393. The van der Waals surface area contributed by atoms with Crippen LogP contribution in [0.2, 0.25) is 0 Å². The van der Waals surface area contributed by atoms with Gasteiger partial charge in [0.1, 0.15) is 5.60 Å². The Morgan fingerprint density at radius 1 is 1.33 bits per heavy atom. The van der Waals surface area contributed by atoms with E-state index in [0.717, 1.165) is 32.1 Å². The first-order chi connectivity index (χ1) is 8.44. The molecule has 0 aromatic heterocycles. The fourth-order valence-electron chi connectivity index (χ4n) is 2.34. The molecule has 2 rings (SSSR count). The Morgan fingerprint density at radius 3 is 2.67 bits per heavy atom. The number of amides is 1. The maximum Gasteiger partial charge on any atom is 0.410 e. The van der Waals surface area contributed by atoms with Crippen molar-refractivity contribution in [2.45, 2.75) is 58.1 Å². The van der Waals surface area contributed by atoms with Gasteiger partial charge in [0, 0.05) is 19.1 Å². The van der Waals surface area contributed by atoms with E-state index >= 15 is 0 Å². The number of ether oxygens (including phenoxy) is 1. The van der Waals surface area contributed by atoms with Crippen molar-refractivity contribution in [2.24, 2.45) is 5.92 Å². The summed E-state index contributed by atoms with van der Waals surface area (Å²) in [4.78, 5) is 13.9. The molecule has 1 saturated carbocycles. The van der Waals surface area contributed by atoms with E-state index < -0.39 is 5.60 Å². The van der Waals surface area contributed by atoms with E-state index in [0.29, 0.717) is 5.92 Å². The zero-order valence-corrected chi connectivity index (χ0v) is 11.9. The molecule has 1 aliphatic heterocycles. The second kappa shape index (κ2) is 5.47. The third kappa shape index (κ3) is 4.48. The van der Waals surface area contributed by atoms with Gasteiger partial charge in [0.05, 0.1) is 0 Å². The minimum Gasteiger partial charge on any atom is -0.444 e. The van der Waals surface area contributed by atoms with Gasteiger partial charge in [0.15, 0.2) is 0 Å². The van der Waals surface area contributed by atoms with E-state index in [-0.39, 0.29) is 6.09 Å². The Labute approximate surface area is 110 Å². The van der Waals surface area contributed by atoms with Crippen LogP contribution in [-0.4, -0.2) is 42.3 Å². The molecule has 1 heterocycles. The average molecular weight is 254 g/mol. The summed E-state index contributed by atoms with van der Waals surface area (Å²) in [5.74, 6) is 0.590. The topological polar surface area (TPSA) is 41.6 Å². The second-order valence-electron chi connectivity index (χ2n) is 6.62. The van der Waals surface area contributed by atoms with Gasteiger partial charge in [-0.15, -0.1) is 0 Å². The maximum atomic E-state index is 12.0. The molecule has 0 bridgehead atoms. The molecule has 1 N–H and O–H groups in total. The Hall–Kier alpha value is -0.770. The van der Waals surface area contributed by atoms with Crippen LogP contribution < -0.4 is 5.32 Å². The van der Waals surface area contributed by atoms with Crippen molar-refractivity contribution in [3.05, 3.63) is 0 Å². The molecule has 0 aromatic carbocycles. The van der Waals surface area contributed by atoms with Crippen molar-refractivity contribution in [1.82, 2.24) is 10.2 Å². The number of rotatable bonds is 3. The van der Waals surface area contributed by atoms with Gasteiger partial charge in [-0.05, 0) is 58.9 Å². The van der Waals surface area contributed by atoms with Crippen molar-refractivity contribution >= 4 is 6.09 Å². The lowest BCUT2D eigenvalue weighted by Crippen LogP contribution is -2.45. The SMILES string of the molecule is CC(C)(C)OC(=O)N1CCCC(CNC2CC2)C1. The molecule has 0 spiro atoms. The van der Waals surface area contributed by atoms with Crippen molar-refractivity contribution in [3.8, 4) is 0 Å². The van der Waals surface area contributed by atoms with Crippen LogP contribution in [0.5, 0.6) is 0 Å². The van der Waals surface area contributed by atoms with Crippen molar-refractivity contribution in [3.63, 3.8) is 0 Å². The Balaban J connectivity index is 1.76. The lowest BCUT2D eigenvalue weighted by atomic mass is 9.98. The van der Waals surface area contributed by atoms with Crippen molar-refractivity contribution in [2.75, 3.05) is 19.6 Å². The van der Waals surface area contributed by atoms with Gasteiger partial charge < -0.3 is 15.0 Å². The van der Waals surface area contributed by atoms with Gasteiger partial charge in [0.25, 0.3) is 0 Å².